The summed E-state index contributed by atoms with van der Waals surface area (Å²) in [5, 5.41) is 6.64. The van der Waals surface area contributed by atoms with Crippen molar-refractivity contribution in [2.75, 3.05) is 31.6 Å². The van der Waals surface area contributed by atoms with Crippen LogP contribution in [0.3, 0.4) is 0 Å². The first kappa shape index (κ1) is 18.8. The Hall–Kier alpha value is -2.02. The summed E-state index contributed by atoms with van der Waals surface area (Å²) in [5.41, 5.74) is 3.71. The molecule has 0 spiro atoms. The summed E-state index contributed by atoms with van der Waals surface area (Å²) < 4.78 is 18.9. The van der Waals surface area contributed by atoms with Gasteiger partial charge in [0, 0.05) is 31.9 Å². The van der Waals surface area contributed by atoms with Crippen molar-refractivity contribution < 1.29 is 9.13 Å². The molecule has 0 atom stereocenters. The minimum atomic E-state index is -0.242. The largest absolute Gasteiger partial charge is 0.379 e. The number of thiocarbonyl (C=S) groups is 1. The predicted molar refractivity (Wildman–Crippen MR) is 107 cm³/mol. The van der Waals surface area contributed by atoms with Crippen molar-refractivity contribution in [3.63, 3.8) is 0 Å². The summed E-state index contributed by atoms with van der Waals surface area (Å²) >= 11 is 5.28. The number of morpholine rings is 1. The Morgan fingerprint density at radius 1 is 1.12 bits per heavy atom. The molecule has 2 aromatic rings. The summed E-state index contributed by atoms with van der Waals surface area (Å²) in [4.78, 5) is 2.40. The van der Waals surface area contributed by atoms with Crippen LogP contribution in [0.15, 0.2) is 42.5 Å². The van der Waals surface area contributed by atoms with E-state index in [4.69, 9.17) is 17.0 Å². The standard InChI is InChI=1S/C20H24FN3OS/c1-15-2-7-18(12-19(15)21)23-20(26)22-13-16-3-5-17(6-4-16)14-24-8-10-25-11-9-24/h2-7,12H,8-11,13-14H2,1H3,(H2,22,23,26). The lowest BCUT2D eigenvalue weighted by Crippen LogP contribution is -2.35. The van der Waals surface area contributed by atoms with E-state index in [-0.39, 0.29) is 5.82 Å². The van der Waals surface area contributed by atoms with Gasteiger partial charge in [-0.2, -0.15) is 0 Å². The van der Waals surface area contributed by atoms with Gasteiger partial charge in [-0.3, -0.25) is 4.90 Å². The first-order valence-electron chi connectivity index (χ1n) is 8.79. The number of halogens is 1. The highest BCUT2D eigenvalue weighted by molar-refractivity contribution is 7.80. The molecule has 6 heteroatoms. The van der Waals surface area contributed by atoms with Crippen molar-refractivity contribution in [2.45, 2.75) is 20.0 Å². The molecule has 1 fully saturated rings. The van der Waals surface area contributed by atoms with Gasteiger partial charge in [0.15, 0.2) is 5.11 Å². The quantitative estimate of drug-likeness (QED) is 0.785. The molecule has 1 aliphatic heterocycles. The monoisotopic (exact) mass is 373 g/mol. The van der Waals surface area contributed by atoms with Crippen LogP contribution in [-0.4, -0.2) is 36.3 Å². The molecule has 0 unspecified atom stereocenters. The minimum absolute atomic E-state index is 0.242. The lowest BCUT2D eigenvalue weighted by molar-refractivity contribution is 0.0342. The van der Waals surface area contributed by atoms with Crippen LogP contribution < -0.4 is 10.6 Å². The van der Waals surface area contributed by atoms with E-state index in [0.717, 1.165) is 38.4 Å². The third-order valence-electron chi connectivity index (χ3n) is 4.42. The van der Waals surface area contributed by atoms with Gasteiger partial charge < -0.3 is 15.4 Å². The van der Waals surface area contributed by atoms with Crippen molar-refractivity contribution in [2.24, 2.45) is 0 Å². The molecule has 0 amide bonds. The van der Waals surface area contributed by atoms with Crippen LogP contribution in [0.5, 0.6) is 0 Å². The SMILES string of the molecule is Cc1ccc(NC(=S)NCc2ccc(CN3CCOCC3)cc2)cc1F. The van der Waals surface area contributed by atoms with E-state index in [1.165, 1.54) is 11.6 Å². The highest BCUT2D eigenvalue weighted by atomic mass is 32.1. The number of nitrogens with one attached hydrogen (secondary N) is 2. The van der Waals surface area contributed by atoms with Crippen LogP contribution >= 0.6 is 12.2 Å². The number of hydrogen-bond acceptors (Lipinski definition) is 3. The van der Waals surface area contributed by atoms with E-state index < -0.39 is 0 Å². The maximum atomic E-state index is 13.6. The zero-order valence-corrected chi connectivity index (χ0v) is 15.7. The molecule has 0 saturated carbocycles. The van der Waals surface area contributed by atoms with E-state index in [1.807, 2.05) is 6.07 Å². The summed E-state index contributed by atoms with van der Waals surface area (Å²) in [6.45, 7) is 6.92. The number of hydrogen-bond donors (Lipinski definition) is 2. The Morgan fingerprint density at radius 2 is 1.81 bits per heavy atom. The van der Waals surface area contributed by atoms with Crippen LogP contribution in [0.2, 0.25) is 0 Å². The predicted octanol–water partition coefficient (Wildman–Crippen LogP) is 3.45. The van der Waals surface area contributed by atoms with E-state index in [0.29, 0.717) is 22.9 Å². The van der Waals surface area contributed by atoms with E-state index >= 15 is 0 Å². The lowest BCUT2D eigenvalue weighted by Gasteiger charge is -2.26. The molecule has 26 heavy (non-hydrogen) atoms. The summed E-state index contributed by atoms with van der Waals surface area (Å²) in [5.74, 6) is -0.242. The Balaban J connectivity index is 1.46. The highest BCUT2D eigenvalue weighted by Gasteiger charge is 2.10. The van der Waals surface area contributed by atoms with Gasteiger partial charge in [0.05, 0.1) is 13.2 Å². The van der Waals surface area contributed by atoms with Crippen molar-refractivity contribution >= 4 is 23.0 Å². The second-order valence-electron chi connectivity index (χ2n) is 6.48. The number of ether oxygens (including phenoxy) is 1. The van der Waals surface area contributed by atoms with Crippen LogP contribution in [0.4, 0.5) is 10.1 Å². The number of aryl methyl sites for hydroxylation is 1. The molecule has 138 valence electrons. The van der Waals surface area contributed by atoms with Crippen LogP contribution in [0.1, 0.15) is 16.7 Å². The van der Waals surface area contributed by atoms with Gasteiger partial charge >= 0.3 is 0 Å². The van der Waals surface area contributed by atoms with Crippen molar-refractivity contribution in [3.8, 4) is 0 Å². The summed E-state index contributed by atoms with van der Waals surface area (Å²) in [7, 11) is 0. The molecule has 2 aromatic carbocycles. The second-order valence-corrected chi connectivity index (χ2v) is 6.88. The normalized spacial score (nSPS) is 14.8. The fourth-order valence-corrected chi connectivity index (χ4v) is 3.00. The molecule has 1 saturated heterocycles. The van der Waals surface area contributed by atoms with Crippen molar-refractivity contribution in [3.05, 3.63) is 65.0 Å². The molecule has 2 N–H and O–H groups in total. The maximum absolute atomic E-state index is 13.6. The zero-order valence-electron chi connectivity index (χ0n) is 14.9. The summed E-state index contributed by atoms with van der Waals surface area (Å²) in [6.07, 6.45) is 0. The average molecular weight is 373 g/mol. The second kappa shape index (κ2) is 9.07. The Kier molecular flexibility index (Phi) is 6.55. The first-order valence-corrected chi connectivity index (χ1v) is 9.20. The number of anilines is 1. The molecule has 1 heterocycles. The van der Waals surface area contributed by atoms with Crippen molar-refractivity contribution in [1.29, 1.82) is 0 Å². The van der Waals surface area contributed by atoms with Gasteiger partial charge in [0.25, 0.3) is 0 Å². The molecule has 0 bridgehead atoms. The van der Waals surface area contributed by atoms with Gasteiger partial charge in [-0.25, -0.2) is 4.39 Å². The molecule has 4 nitrogen and oxygen atoms in total. The molecule has 1 aliphatic rings. The van der Waals surface area contributed by atoms with Crippen LogP contribution in [0.25, 0.3) is 0 Å². The van der Waals surface area contributed by atoms with Gasteiger partial charge in [0.1, 0.15) is 5.82 Å². The Morgan fingerprint density at radius 3 is 2.50 bits per heavy atom. The molecule has 3 rings (SSSR count). The van der Waals surface area contributed by atoms with E-state index in [2.05, 4.69) is 39.8 Å². The van der Waals surface area contributed by atoms with Gasteiger partial charge in [-0.15, -0.1) is 0 Å². The molecular weight excluding hydrogens is 349 g/mol. The highest BCUT2D eigenvalue weighted by Crippen LogP contribution is 2.13. The molecule has 0 aromatic heterocycles. The average Bonchev–Trinajstić information content (AvgIpc) is 2.65. The zero-order chi connectivity index (χ0) is 18.4. The molecule has 0 radical (unpaired) electrons. The fourth-order valence-electron chi connectivity index (χ4n) is 2.81. The van der Waals surface area contributed by atoms with Gasteiger partial charge in [0.2, 0.25) is 0 Å². The van der Waals surface area contributed by atoms with Gasteiger partial charge in [-0.1, -0.05) is 30.3 Å². The third-order valence-corrected chi connectivity index (χ3v) is 4.66. The topological polar surface area (TPSA) is 36.5 Å². The van der Waals surface area contributed by atoms with Gasteiger partial charge in [-0.05, 0) is 48.0 Å². The van der Waals surface area contributed by atoms with E-state index in [1.54, 1.807) is 13.0 Å². The van der Waals surface area contributed by atoms with E-state index in [9.17, 15) is 4.39 Å². The maximum Gasteiger partial charge on any atom is 0.171 e. The van der Waals surface area contributed by atoms with Crippen molar-refractivity contribution in [1.82, 2.24) is 10.2 Å². The van der Waals surface area contributed by atoms with Crippen LogP contribution in [0, 0.1) is 12.7 Å². The Labute approximate surface area is 159 Å². The van der Waals surface area contributed by atoms with Crippen LogP contribution in [-0.2, 0) is 17.8 Å². The Bertz CT molecular complexity index is 745. The smallest absolute Gasteiger partial charge is 0.171 e. The molecular formula is C20H24FN3OS. The molecule has 0 aliphatic carbocycles. The first-order chi connectivity index (χ1) is 12.6. The minimum Gasteiger partial charge on any atom is -0.379 e. The third kappa shape index (κ3) is 5.49. The lowest BCUT2D eigenvalue weighted by atomic mass is 10.1. The fraction of sp³-hybridized carbons (Fsp3) is 0.350. The number of benzene rings is 2. The number of nitrogens with zero attached hydrogens (tertiary/aromatic N) is 1. The summed E-state index contributed by atoms with van der Waals surface area (Å²) in [6, 6.07) is 13.5. The number of rotatable bonds is 5.